The molecule has 0 fully saturated rings. The largest absolute Gasteiger partial charge is 0.491 e. The molecule has 2 aromatic rings. The number of amides is 2. The number of hydrogen-bond donors (Lipinski definition) is 2. The molecule has 11 heteroatoms. The highest BCUT2D eigenvalue weighted by Crippen LogP contribution is 2.44. The standard InChI is InChI=1S/C24H21Cl2N3O5S/c1-3-34-21-16(25)9-13(10-17(21)26)19-15(11-27)23(29-22(31)20(19)24(32)33-2)35-12-18(30)28-14-7-5-4-6-8-14/h4-10,19-20H,3,12H2,1-2H3,(H,28,30)(H,29,31)/t19-,20+/m1/s1. The van der Waals surface area contributed by atoms with Crippen molar-refractivity contribution >= 4 is 58.4 Å². The average Bonchev–Trinajstić information content (AvgIpc) is 2.84. The van der Waals surface area contributed by atoms with E-state index in [1.807, 2.05) is 6.07 Å². The lowest BCUT2D eigenvalue weighted by Gasteiger charge is -2.31. The van der Waals surface area contributed by atoms with Gasteiger partial charge in [0.15, 0.2) is 5.75 Å². The lowest BCUT2D eigenvalue weighted by molar-refractivity contribution is -0.150. The third kappa shape index (κ3) is 6.09. The average molecular weight is 534 g/mol. The van der Waals surface area contributed by atoms with Crippen molar-refractivity contribution in [2.45, 2.75) is 12.8 Å². The third-order valence-corrected chi connectivity index (χ3v) is 6.64. The van der Waals surface area contributed by atoms with E-state index in [2.05, 4.69) is 16.7 Å². The zero-order valence-electron chi connectivity index (χ0n) is 18.8. The summed E-state index contributed by atoms with van der Waals surface area (Å²) in [5, 5.41) is 15.8. The molecular formula is C24H21Cl2N3O5S. The first-order valence-corrected chi connectivity index (χ1v) is 12.2. The van der Waals surface area contributed by atoms with Gasteiger partial charge in [-0.1, -0.05) is 53.2 Å². The number of allylic oxidation sites excluding steroid dienone is 1. The number of carbonyl (C=O) groups is 3. The van der Waals surface area contributed by atoms with Gasteiger partial charge in [0, 0.05) is 11.6 Å². The molecule has 0 unspecified atom stereocenters. The molecule has 0 saturated carbocycles. The van der Waals surface area contributed by atoms with Gasteiger partial charge in [0.25, 0.3) is 0 Å². The van der Waals surface area contributed by atoms with E-state index in [0.717, 1.165) is 18.9 Å². The number of nitrogens with zero attached hydrogens (tertiary/aromatic N) is 1. The van der Waals surface area contributed by atoms with Crippen molar-refractivity contribution in [1.29, 1.82) is 5.26 Å². The number of carbonyl (C=O) groups excluding carboxylic acids is 3. The number of methoxy groups -OCH3 is 1. The van der Waals surface area contributed by atoms with Gasteiger partial charge in [0.05, 0.1) is 46.2 Å². The highest BCUT2D eigenvalue weighted by atomic mass is 35.5. The molecule has 2 N–H and O–H groups in total. The van der Waals surface area contributed by atoms with Gasteiger partial charge in [0.2, 0.25) is 11.8 Å². The summed E-state index contributed by atoms with van der Waals surface area (Å²) in [6.07, 6.45) is 0. The second kappa shape index (κ2) is 12.0. The first-order chi connectivity index (χ1) is 16.8. The Labute approximate surface area is 216 Å². The van der Waals surface area contributed by atoms with E-state index in [0.29, 0.717) is 17.9 Å². The minimum absolute atomic E-state index is 0.0776. The monoisotopic (exact) mass is 533 g/mol. The number of ether oxygens (including phenoxy) is 2. The first kappa shape index (κ1) is 26.4. The Kier molecular flexibility index (Phi) is 9.04. The van der Waals surface area contributed by atoms with Crippen LogP contribution in [-0.4, -0.2) is 37.3 Å². The SMILES string of the molecule is CCOc1c(Cl)cc([C@@H]2C(C#N)=C(SCC(=O)Nc3ccccc3)NC(=O)[C@H]2C(=O)OC)cc1Cl. The molecule has 0 aliphatic carbocycles. The first-order valence-electron chi connectivity index (χ1n) is 10.4. The minimum atomic E-state index is -1.36. The normalized spacial score (nSPS) is 17.3. The highest BCUT2D eigenvalue weighted by molar-refractivity contribution is 8.03. The van der Waals surface area contributed by atoms with Crippen molar-refractivity contribution < 1.29 is 23.9 Å². The molecule has 1 aliphatic heterocycles. The van der Waals surface area contributed by atoms with Crippen LogP contribution in [0.25, 0.3) is 0 Å². The molecule has 0 bridgehead atoms. The number of rotatable bonds is 8. The van der Waals surface area contributed by atoms with E-state index in [9.17, 15) is 19.6 Å². The van der Waals surface area contributed by atoms with E-state index in [1.165, 1.54) is 12.1 Å². The van der Waals surface area contributed by atoms with Crippen LogP contribution in [0.5, 0.6) is 5.75 Å². The van der Waals surface area contributed by atoms with Crippen LogP contribution in [0.15, 0.2) is 53.1 Å². The Balaban J connectivity index is 1.98. The van der Waals surface area contributed by atoms with E-state index >= 15 is 0 Å². The summed E-state index contributed by atoms with van der Waals surface area (Å²) in [7, 11) is 1.15. The van der Waals surface area contributed by atoms with Crippen LogP contribution in [-0.2, 0) is 19.1 Å². The predicted octanol–water partition coefficient (Wildman–Crippen LogP) is 4.50. The molecular weight excluding hydrogens is 513 g/mol. The van der Waals surface area contributed by atoms with E-state index in [-0.39, 0.29) is 38.1 Å². The van der Waals surface area contributed by atoms with Crippen molar-refractivity contribution in [3.8, 4) is 11.8 Å². The van der Waals surface area contributed by atoms with Gasteiger partial charge < -0.3 is 20.1 Å². The lowest BCUT2D eigenvalue weighted by atomic mass is 9.78. The Hall–Kier alpha value is -3.19. The Morgan fingerprint density at radius 1 is 1.20 bits per heavy atom. The maximum Gasteiger partial charge on any atom is 0.319 e. The maximum atomic E-state index is 13.0. The second-order valence-corrected chi connectivity index (χ2v) is 9.07. The molecule has 0 aromatic heterocycles. The van der Waals surface area contributed by atoms with Gasteiger partial charge in [-0.3, -0.25) is 14.4 Å². The topological polar surface area (TPSA) is 118 Å². The molecule has 3 rings (SSSR count). The van der Waals surface area contributed by atoms with Gasteiger partial charge in [-0.2, -0.15) is 5.26 Å². The van der Waals surface area contributed by atoms with Crippen molar-refractivity contribution in [1.82, 2.24) is 5.32 Å². The van der Waals surface area contributed by atoms with Crippen LogP contribution in [0.3, 0.4) is 0 Å². The molecule has 2 aromatic carbocycles. The number of thioether (sulfide) groups is 1. The molecule has 2 atom stereocenters. The Bertz CT molecular complexity index is 1190. The molecule has 0 saturated heterocycles. The zero-order chi connectivity index (χ0) is 25.5. The minimum Gasteiger partial charge on any atom is -0.491 e. The van der Waals surface area contributed by atoms with Crippen LogP contribution >= 0.6 is 35.0 Å². The summed E-state index contributed by atoms with van der Waals surface area (Å²) < 4.78 is 10.3. The van der Waals surface area contributed by atoms with Crippen LogP contribution in [0, 0.1) is 17.2 Å². The number of nitrogens with one attached hydrogen (secondary N) is 2. The molecule has 182 valence electrons. The highest BCUT2D eigenvalue weighted by Gasteiger charge is 2.44. The van der Waals surface area contributed by atoms with Crippen molar-refractivity contribution in [3.05, 3.63) is 68.7 Å². The predicted molar refractivity (Wildman–Crippen MR) is 134 cm³/mol. The number of esters is 1. The lowest BCUT2D eigenvalue weighted by Crippen LogP contribution is -2.44. The molecule has 0 radical (unpaired) electrons. The summed E-state index contributed by atoms with van der Waals surface area (Å²) in [5.74, 6) is -4.06. The molecule has 2 amide bonds. The van der Waals surface area contributed by atoms with Crippen LogP contribution in [0.1, 0.15) is 18.4 Å². The van der Waals surface area contributed by atoms with Crippen LogP contribution < -0.4 is 15.4 Å². The van der Waals surface area contributed by atoms with Gasteiger partial charge >= 0.3 is 5.97 Å². The third-order valence-electron chi connectivity index (χ3n) is 5.06. The molecule has 8 nitrogen and oxygen atoms in total. The van der Waals surface area contributed by atoms with Gasteiger partial charge in [0.1, 0.15) is 5.92 Å². The van der Waals surface area contributed by atoms with E-state index < -0.39 is 23.7 Å². The number of para-hydroxylation sites is 1. The Morgan fingerprint density at radius 3 is 2.43 bits per heavy atom. The summed E-state index contributed by atoms with van der Waals surface area (Å²) in [4.78, 5) is 37.9. The number of halogens is 2. The number of hydrogen-bond acceptors (Lipinski definition) is 7. The van der Waals surface area contributed by atoms with E-state index in [1.54, 1.807) is 31.2 Å². The zero-order valence-corrected chi connectivity index (χ0v) is 21.1. The van der Waals surface area contributed by atoms with Crippen LogP contribution in [0.4, 0.5) is 5.69 Å². The second-order valence-electron chi connectivity index (χ2n) is 7.27. The van der Waals surface area contributed by atoms with Crippen molar-refractivity contribution in [2.24, 2.45) is 5.92 Å². The number of nitriles is 1. The van der Waals surface area contributed by atoms with Gasteiger partial charge in [-0.25, -0.2) is 0 Å². The molecule has 0 spiro atoms. The number of benzene rings is 2. The number of anilines is 1. The van der Waals surface area contributed by atoms with Crippen LogP contribution in [0.2, 0.25) is 10.0 Å². The summed E-state index contributed by atoms with van der Waals surface area (Å²) in [5.41, 5.74) is 1.05. The van der Waals surface area contributed by atoms with E-state index in [4.69, 9.17) is 32.7 Å². The van der Waals surface area contributed by atoms with Gasteiger partial charge in [-0.05, 0) is 36.8 Å². The van der Waals surface area contributed by atoms with Crippen molar-refractivity contribution in [2.75, 3.05) is 24.8 Å². The van der Waals surface area contributed by atoms with Crippen molar-refractivity contribution in [3.63, 3.8) is 0 Å². The summed E-state index contributed by atoms with van der Waals surface area (Å²) in [6.45, 7) is 2.10. The smallest absolute Gasteiger partial charge is 0.319 e. The fourth-order valence-corrected chi connectivity index (χ4v) is 5.04. The molecule has 1 heterocycles. The molecule has 1 aliphatic rings. The summed E-state index contributed by atoms with van der Waals surface area (Å²) in [6, 6.07) is 13.9. The molecule has 35 heavy (non-hydrogen) atoms. The maximum absolute atomic E-state index is 13.0. The fraction of sp³-hybridized carbons (Fsp3) is 0.250. The fourth-order valence-electron chi connectivity index (χ4n) is 3.58. The van der Waals surface area contributed by atoms with Gasteiger partial charge in [-0.15, -0.1) is 0 Å². The quantitative estimate of drug-likeness (QED) is 0.378. The Morgan fingerprint density at radius 2 is 1.86 bits per heavy atom. The summed E-state index contributed by atoms with van der Waals surface area (Å²) >= 11 is 13.7.